The van der Waals surface area contributed by atoms with E-state index in [0.29, 0.717) is 31.5 Å². The Morgan fingerprint density at radius 3 is 2.25 bits per heavy atom. The minimum absolute atomic E-state index is 0.0232. The molecular formula is C19H25FN2O5S. The third kappa shape index (κ3) is 4.35. The maximum atomic E-state index is 13.8. The molecule has 2 amide bonds. The van der Waals surface area contributed by atoms with Gasteiger partial charge in [-0.2, -0.15) is 0 Å². The van der Waals surface area contributed by atoms with Gasteiger partial charge in [0.15, 0.2) is 9.84 Å². The fourth-order valence-electron chi connectivity index (χ4n) is 3.74. The molecular weight excluding hydrogens is 387 g/mol. The molecule has 9 heteroatoms. The van der Waals surface area contributed by atoms with Crippen LogP contribution < -0.4 is 0 Å². The number of amides is 2. The number of carbonyl (C=O) groups excluding carboxylic acids is 2. The van der Waals surface area contributed by atoms with Crippen LogP contribution in [0.15, 0.2) is 24.3 Å². The second-order valence-corrected chi connectivity index (χ2v) is 9.60. The highest BCUT2D eigenvalue weighted by Gasteiger charge is 2.45. The van der Waals surface area contributed by atoms with E-state index in [1.54, 1.807) is 28.0 Å². The summed E-state index contributed by atoms with van der Waals surface area (Å²) >= 11 is 0. The minimum atomic E-state index is -3.08. The van der Waals surface area contributed by atoms with Crippen LogP contribution in [0.3, 0.4) is 0 Å². The molecule has 28 heavy (non-hydrogen) atoms. The fraction of sp³-hybridized carbons (Fsp3) is 0.579. The lowest BCUT2D eigenvalue weighted by atomic mass is 9.89. The van der Waals surface area contributed by atoms with E-state index in [9.17, 15) is 22.4 Å². The largest absolute Gasteiger partial charge is 0.368 e. The Morgan fingerprint density at radius 1 is 1.07 bits per heavy atom. The summed E-state index contributed by atoms with van der Waals surface area (Å²) in [5, 5.41) is 0. The van der Waals surface area contributed by atoms with Crippen LogP contribution >= 0.6 is 0 Å². The molecule has 0 bridgehead atoms. The Balaban J connectivity index is 1.61. The molecule has 1 aromatic rings. The van der Waals surface area contributed by atoms with E-state index in [4.69, 9.17) is 4.74 Å². The topological polar surface area (TPSA) is 84.0 Å². The predicted octanol–water partition coefficient (Wildman–Crippen LogP) is 0.633. The van der Waals surface area contributed by atoms with Crippen molar-refractivity contribution in [3.63, 3.8) is 0 Å². The molecule has 2 heterocycles. The summed E-state index contributed by atoms with van der Waals surface area (Å²) in [5.41, 5.74) is -0.697. The second kappa shape index (κ2) is 8.16. The van der Waals surface area contributed by atoms with Gasteiger partial charge >= 0.3 is 0 Å². The number of halogens is 1. The molecule has 0 aromatic heterocycles. The SMILES string of the molecule is COC1(C(=O)N2CCS(=O)(=O)CC2)CCN(C(=O)Cc2ccccc2F)CC1. The molecule has 0 radical (unpaired) electrons. The van der Waals surface area contributed by atoms with Crippen molar-refractivity contribution < 1.29 is 27.1 Å². The van der Waals surface area contributed by atoms with Crippen LogP contribution in [0.4, 0.5) is 4.39 Å². The fourth-order valence-corrected chi connectivity index (χ4v) is 4.94. The van der Waals surface area contributed by atoms with Crippen molar-refractivity contribution in [2.45, 2.75) is 24.9 Å². The lowest BCUT2D eigenvalue weighted by Gasteiger charge is -2.42. The number of carbonyl (C=O) groups is 2. The molecule has 0 unspecified atom stereocenters. The van der Waals surface area contributed by atoms with E-state index in [2.05, 4.69) is 0 Å². The zero-order valence-electron chi connectivity index (χ0n) is 15.9. The van der Waals surface area contributed by atoms with E-state index in [0.717, 1.165) is 0 Å². The first kappa shape index (κ1) is 20.7. The van der Waals surface area contributed by atoms with Crippen molar-refractivity contribution in [2.24, 2.45) is 0 Å². The van der Waals surface area contributed by atoms with Crippen LogP contribution in [0.5, 0.6) is 0 Å². The second-order valence-electron chi connectivity index (χ2n) is 7.29. The maximum absolute atomic E-state index is 13.8. The van der Waals surface area contributed by atoms with Crippen molar-refractivity contribution in [2.75, 3.05) is 44.8 Å². The molecule has 3 rings (SSSR count). The zero-order chi connectivity index (χ0) is 20.4. The molecule has 0 saturated carbocycles. The van der Waals surface area contributed by atoms with Crippen molar-refractivity contribution >= 4 is 21.7 Å². The number of likely N-dealkylation sites (tertiary alicyclic amines) is 1. The van der Waals surface area contributed by atoms with E-state index >= 15 is 0 Å². The van der Waals surface area contributed by atoms with Gasteiger partial charge in [-0.25, -0.2) is 12.8 Å². The molecule has 2 aliphatic heterocycles. The third-order valence-electron chi connectivity index (χ3n) is 5.64. The van der Waals surface area contributed by atoms with Crippen LogP contribution in [0.2, 0.25) is 0 Å². The van der Waals surface area contributed by atoms with Gasteiger partial charge in [0, 0.05) is 46.1 Å². The number of hydrogen-bond donors (Lipinski definition) is 0. The smallest absolute Gasteiger partial charge is 0.255 e. The van der Waals surface area contributed by atoms with Crippen LogP contribution in [0.1, 0.15) is 18.4 Å². The number of ether oxygens (including phenoxy) is 1. The normalized spacial score (nSPS) is 21.4. The van der Waals surface area contributed by atoms with Crippen LogP contribution in [0, 0.1) is 5.82 Å². The third-order valence-corrected chi connectivity index (χ3v) is 7.24. The highest BCUT2D eigenvalue weighted by molar-refractivity contribution is 7.91. The first-order valence-corrected chi connectivity index (χ1v) is 11.1. The van der Waals surface area contributed by atoms with Crippen molar-refractivity contribution in [3.8, 4) is 0 Å². The molecule has 2 saturated heterocycles. The molecule has 2 aliphatic rings. The van der Waals surface area contributed by atoms with Gasteiger partial charge in [0.25, 0.3) is 5.91 Å². The van der Waals surface area contributed by atoms with Gasteiger partial charge in [-0.15, -0.1) is 0 Å². The van der Waals surface area contributed by atoms with Crippen molar-refractivity contribution in [1.82, 2.24) is 9.80 Å². The number of methoxy groups -OCH3 is 1. The lowest BCUT2D eigenvalue weighted by Crippen LogP contribution is -2.59. The summed E-state index contributed by atoms with van der Waals surface area (Å²) in [6.45, 7) is 1.00. The van der Waals surface area contributed by atoms with Crippen molar-refractivity contribution in [1.29, 1.82) is 0 Å². The Hall–Kier alpha value is -2.00. The molecule has 1 aromatic carbocycles. The summed E-state index contributed by atoms with van der Waals surface area (Å²) in [6.07, 6.45) is 0.633. The summed E-state index contributed by atoms with van der Waals surface area (Å²) in [7, 11) is -1.61. The number of nitrogens with zero attached hydrogens (tertiary/aromatic N) is 2. The van der Waals surface area contributed by atoms with E-state index < -0.39 is 21.3 Å². The molecule has 0 spiro atoms. The maximum Gasteiger partial charge on any atom is 0.255 e. The van der Waals surface area contributed by atoms with E-state index in [-0.39, 0.29) is 42.8 Å². The first-order valence-electron chi connectivity index (χ1n) is 9.32. The van der Waals surface area contributed by atoms with Gasteiger partial charge in [-0.3, -0.25) is 9.59 Å². The van der Waals surface area contributed by atoms with Gasteiger partial charge in [-0.05, 0) is 11.6 Å². The Bertz CT molecular complexity index is 836. The number of rotatable bonds is 4. The highest BCUT2D eigenvalue weighted by atomic mass is 32.2. The monoisotopic (exact) mass is 412 g/mol. The summed E-state index contributed by atoms with van der Waals surface area (Å²) in [6, 6.07) is 6.18. The van der Waals surface area contributed by atoms with Gasteiger partial charge in [-0.1, -0.05) is 18.2 Å². The molecule has 2 fully saturated rings. The predicted molar refractivity (Wildman–Crippen MR) is 101 cm³/mol. The molecule has 0 atom stereocenters. The molecule has 7 nitrogen and oxygen atoms in total. The van der Waals surface area contributed by atoms with Gasteiger partial charge < -0.3 is 14.5 Å². The molecule has 0 aliphatic carbocycles. The average Bonchev–Trinajstić information content (AvgIpc) is 2.69. The summed E-state index contributed by atoms with van der Waals surface area (Å²) < 4.78 is 42.5. The number of hydrogen-bond acceptors (Lipinski definition) is 5. The summed E-state index contributed by atoms with van der Waals surface area (Å²) in [4.78, 5) is 28.7. The Morgan fingerprint density at radius 2 is 1.68 bits per heavy atom. The Kier molecular flexibility index (Phi) is 6.04. The number of sulfone groups is 1. The minimum Gasteiger partial charge on any atom is -0.368 e. The van der Waals surface area contributed by atoms with Crippen LogP contribution in [-0.4, -0.2) is 80.4 Å². The zero-order valence-corrected chi connectivity index (χ0v) is 16.7. The van der Waals surface area contributed by atoms with E-state index in [1.807, 2.05) is 0 Å². The Labute approximate surface area is 164 Å². The van der Waals surface area contributed by atoms with Gasteiger partial charge in [0.05, 0.1) is 17.9 Å². The quantitative estimate of drug-likeness (QED) is 0.725. The average molecular weight is 412 g/mol. The van der Waals surface area contributed by atoms with Crippen molar-refractivity contribution in [3.05, 3.63) is 35.6 Å². The highest BCUT2D eigenvalue weighted by Crippen LogP contribution is 2.29. The molecule has 154 valence electrons. The summed E-state index contributed by atoms with van der Waals surface area (Å²) in [5.74, 6) is -0.885. The van der Waals surface area contributed by atoms with E-state index in [1.165, 1.54) is 13.2 Å². The number of benzene rings is 1. The molecule has 0 N–H and O–H groups in total. The van der Waals surface area contributed by atoms with Crippen LogP contribution in [-0.2, 0) is 30.6 Å². The standard InChI is InChI=1S/C19H25FN2O5S/c1-27-19(18(24)22-10-12-28(25,26)13-11-22)6-8-21(9-7-19)17(23)14-15-4-2-3-5-16(15)20/h2-5H,6-14H2,1H3. The number of piperidine rings is 1. The first-order chi connectivity index (χ1) is 13.3. The lowest BCUT2D eigenvalue weighted by molar-refractivity contribution is -0.163. The van der Waals surface area contributed by atoms with Crippen LogP contribution in [0.25, 0.3) is 0 Å². The van der Waals surface area contributed by atoms with Gasteiger partial charge in [0.2, 0.25) is 5.91 Å². The van der Waals surface area contributed by atoms with Gasteiger partial charge in [0.1, 0.15) is 11.4 Å².